The molecule has 0 fully saturated rings. The molecule has 17 heavy (non-hydrogen) atoms. The fourth-order valence-corrected chi connectivity index (χ4v) is 1.65. The molecule has 0 atom stereocenters. The van der Waals surface area contributed by atoms with Gasteiger partial charge < -0.3 is 10.2 Å². The summed E-state index contributed by atoms with van der Waals surface area (Å²) >= 11 is 0. The fraction of sp³-hybridized carbons (Fsp3) is 0.750. The van der Waals surface area contributed by atoms with Gasteiger partial charge in [-0.2, -0.15) is 10.1 Å². The van der Waals surface area contributed by atoms with Crippen LogP contribution in [-0.4, -0.2) is 34.3 Å². The van der Waals surface area contributed by atoms with Crippen molar-refractivity contribution in [2.45, 2.75) is 46.6 Å². The molecule has 0 aliphatic carbocycles. The Kier molecular flexibility index (Phi) is 5.66. The highest BCUT2D eigenvalue weighted by Gasteiger charge is 2.09. The van der Waals surface area contributed by atoms with E-state index in [1.807, 2.05) is 0 Å². The summed E-state index contributed by atoms with van der Waals surface area (Å²) in [5.41, 5.74) is 0. The topological polar surface area (TPSA) is 53.9 Å². The van der Waals surface area contributed by atoms with Gasteiger partial charge in [0.2, 0.25) is 5.95 Å². The van der Waals surface area contributed by atoms with E-state index in [1.165, 1.54) is 0 Å². The minimum atomic E-state index is 0.352. The first-order chi connectivity index (χ1) is 8.17. The third-order valence-electron chi connectivity index (χ3n) is 2.25. The second kappa shape index (κ2) is 7.04. The lowest BCUT2D eigenvalue weighted by Crippen LogP contribution is -2.27. The van der Waals surface area contributed by atoms with Gasteiger partial charge in [-0.1, -0.05) is 13.8 Å². The van der Waals surface area contributed by atoms with Gasteiger partial charge in [-0.05, 0) is 26.7 Å². The summed E-state index contributed by atoms with van der Waals surface area (Å²) in [7, 11) is 0. The number of nitrogens with zero attached hydrogens (tertiary/aromatic N) is 4. The van der Waals surface area contributed by atoms with Crippen LogP contribution in [0.2, 0.25) is 0 Å². The minimum absolute atomic E-state index is 0.352. The van der Waals surface area contributed by atoms with Crippen molar-refractivity contribution in [1.29, 1.82) is 0 Å². The number of aromatic nitrogens is 3. The maximum Gasteiger partial charge on any atom is 0.247 e. The van der Waals surface area contributed by atoms with Gasteiger partial charge in [0.15, 0.2) is 5.82 Å². The number of hydrogen-bond acceptors (Lipinski definition) is 5. The largest absolute Gasteiger partial charge is 0.366 e. The average Bonchev–Trinajstić information content (AvgIpc) is 2.28. The Bertz CT molecular complexity index is 320. The molecule has 0 radical (unpaired) electrons. The Hall–Kier alpha value is -1.39. The second-order valence-electron chi connectivity index (χ2n) is 4.43. The highest BCUT2D eigenvalue weighted by Crippen LogP contribution is 2.11. The highest BCUT2D eigenvalue weighted by molar-refractivity contribution is 5.39. The molecule has 0 aromatic carbocycles. The van der Waals surface area contributed by atoms with E-state index >= 15 is 0 Å². The van der Waals surface area contributed by atoms with Crippen LogP contribution in [-0.2, 0) is 0 Å². The Balaban J connectivity index is 2.79. The minimum Gasteiger partial charge on any atom is -0.366 e. The average molecular weight is 237 g/mol. The molecule has 0 saturated heterocycles. The molecule has 1 N–H and O–H groups in total. The van der Waals surface area contributed by atoms with Crippen LogP contribution < -0.4 is 10.2 Å². The van der Waals surface area contributed by atoms with Crippen molar-refractivity contribution < 1.29 is 0 Å². The lowest BCUT2D eigenvalue weighted by atomic mass is 10.4. The normalized spacial score (nSPS) is 10.6. The Morgan fingerprint density at radius 3 is 2.41 bits per heavy atom. The predicted molar refractivity (Wildman–Crippen MR) is 71.4 cm³/mol. The maximum absolute atomic E-state index is 4.49. The van der Waals surface area contributed by atoms with Crippen molar-refractivity contribution in [3.05, 3.63) is 6.20 Å². The Morgan fingerprint density at radius 1 is 1.24 bits per heavy atom. The van der Waals surface area contributed by atoms with E-state index in [0.717, 1.165) is 37.7 Å². The molecular formula is C12H23N5. The standard InChI is InChI=1S/C12H23N5/c1-5-7-17(8-6-2)12-15-11(9-13-16-12)14-10(3)4/h9-10H,5-8H2,1-4H3,(H,14,15,16). The van der Waals surface area contributed by atoms with E-state index in [9.17, 15) is 0 Å². The molecule has 5 heteroatoms. The molecule has 1 heterocycles. The van der Waals surface area contributed by atoms with Crippen molar-refractivity contribution in [2.75, 3.05) is 23.3 Å². The highest BCUT2D eigenvalue weighted by atomic mass is 15.3. The second-order valence-corrected chi connectivity index (χ2v) is 4.43. The lowest BCUT2D eigenvalue weighted by Gasteiger charge is -2.21. The van der Waals surface area contributed by atoms with Crippen LogP contribution >= 0.6 is 0 Å². The fourth-order valence-electron chi connectivity index (χ4n) is 1.65. The molecule has 1 aromatic heterocycles. The summed E-state index contributed by atoms with van der Waals surface area (Å²) in [5, 5.41) is 11.4. The first kappa shape index (κ1) is 13.7. The number of anilines is 2. The molecule has 0 spiro atoms. The van der Waals surface area contributed by atoms with E-state index in [2.05, 4.69) is 53.1 Å². The predicted octanol–water partition coefficient (Wildman–Crippen LogP) is 2.32. The lowest BCUT2D eigenvalue weighted by molar-refractivity contribution is 0.709. The van der Waals surface area contributed by atoms with E-state index in [1.54, 1.807) is 6.20 Å². The van der Waals surface area contributed by atoms with E-state index in [0.29, 0.717) is 6.04 Å². The van der Waals surface area contributed by atoms with Crippen LogP contribution in [0.5, 0.6) is 0 Å². The molecule has 0 aliphatic heterocycles. The molecule has 1 aromatic rings. The van der Waals surface area contributed by atoms with Gasteiger partial charge in [-0.3, -0.25) is 0 Å². The van der Waals surface area contributed by atoms with Crippen molar-refractivity contribution >= 4 is 11.8 Å². The van der Waals surface area contributed by atoms with Crippen molar-refractivity contribution in [3.63, 3.8) is 0 Å². The van der Waals surface area contributed by atoms with Crippen LogP contribution in [0.1, 0.15) is 40.5 Å². The first-order valence-corrected chi connectivity index (χ1v) is 6.38. The zero-order chi connectivity index (χ0) is 12.7. The summed E-state index contributed by atoms with van der Waals surface area (Å²) in [6, 6.07) is 0.352. The zero-order valence-electron chi connectivity index (χ0n) is 11.3. The number of hydrogen-bond donors (Lipinski definition) is 1. The number of nitrogens with one attached hydrogen (secondary N) is 1. The van der Waals surface area contributed by atoms with Gasteiger partial charge in [-0.25, -0.2) is 0 Å². The van der Waals surface area contributed by atoms with Crippen LogP contribution in [0.25, 0.3) is 0 Å². The number of rotatable bonds is 7. The molecule has 0 bridgehead atoms. The molecule has 0 aliphatic rings. The van der Waals surface area contributed by atoms with Gasteiger partial charge >= 0.3 is 0 Å². The summed E-state index contributed by atoms with van der Waals surface area (Å²) in [5.74, 6) is 1.52. The van der Waals surface area contributed by atoms with E-state index < -0.39 is 0 Å². The monoisotopic (exact) mass is 237 g/mol. The molecule has 0 amide bonds. The maximum atomic E-state index is 4.49. The Labute approximate surface area is 104 Å². The molecule has 1 rings (SSSR count). The SMILES string of the molecule is CCCN(CCC)c1nncc(NC(C)C)n1. The first-order valence-electron chi connectivity index (χ1n) is 6.38. The third-order valence-corrected chi connectivity index (χ3v) is 2.25. The van der Waals surface area contributed by atoms with Crippen molar-refractivity contribution in [2.24, 2.45) is 0 Å². The van der Waals surface area contributed by atoms with Gasteiger partial charge in [0, 0.05) is 19.1 Å². The third kappa shape index (κ3) is 4.54. The van der Waals surface area contributed by atoms with Gasteiger partial charge in [-0.15, -0.1) is 5.10 Å². The van der Waals surface area contributed by atoms with Crippen LogP contribution in [0.15, 0.2) is 6.20 Å². The van der Waals surface area contributed by atoms with E-state index in [4.69, 9.17) is 0 Å². The molecule has 96 valence electrons. The summed E-state index contributed by atoms with van der Waals surface area (Å²) in [6.07, 6.45) is 3.84. The van der Waals surface area contributed by atoms with Crippen molar-refractivity contribution in [1.82, 2.24) is 15.2 Å². The molecular weight excluding hydrogens is 214 g/mol. The zero-order valence-corrected chi connectivity index (χ0v) is 11.3. The molecule has 5 nitrogen and oxygen atoms in total. The van der Waals surface area contributed by atoms with Gasteiger partial charge in [0.05, 0.1) is 6.20 Å². The van der Waals surface area contributed by atoms with Crippen LogP contribution in [0.4, 0.5) is 11.8 Å². The quantitative estimate of drug-likeness (QED) is 0.788. The molecule has 0 unspecified atom stereocenters. The summed E-state index contributed by atoms with van der Waals surface area (Å²) in [4.78, 5) is 6.67. The van der Waals surface area contributed by atoms with Gasteiger partial charge in [0.25, 0.3) is 0 Å². The van der Waals surface area contributed by atoms with Crippen LogP contribution in [0, 0.1) is 0 Å². The van der Waals surface area contributed by atoms with Gasteiger partial charge in [0.1, 0.15) is 0 Å². The summed E-state index contributed by atoms with van der Waals surface area (Å²) in [6.45, 7) is 10.4. The van der Waals surface area contributed by atoms with Crippen LogP contribution in [0.3, 0.4) is 0 Å². The molecule has 0 saturated carbocycles. The Morgan fingerprint density at radius 2 is 1.88 bits per heavy atom. The smallest absolute Gasteiger partial charge is 0.247 e. The van der Waals surface area contributed by atoms with E-state index in [-0.39, 0.29) is 0 Å². The van der Waals surface area contributed by atoms with Crippen molar-refractivity contribution in [3.8, 4) is 0 Å². The summed E-state index contributed by atoms with van der Waals surface area (Å²) < 4.78 is 0.